The Labute approximate surface area is 130 Å². The zero-order valence-corrected chi connectivity index (χ0v) is 13.5. The molecule has 0 saturated carbocycles. The van der Waals surface area contributed by atoms with Crippen LogP contribution in [0.15, 0.2) is 53.4 Å². The molecule has 2 aromatic carbocycles. The van der Waals surface area contributed by atoms with Crippen molar-refractivity contribution < 1.29 is 0 Å². The van der Waals surface area contributed by atoms with Crippen LogP contribution in [0.3, 0.4) is 0 Å². The molecule has 20 heavy (non-hydrogen) atoms. The summed E-state index contributed by atoms with van der Waals surface area (Å²) in [6, 6.07) is 17.2. The minimum atomic E-state index is 0.444. The Kier molecular flexibility index (Phi) is 5.96. The summed E-state index contributed by atoms with van der Waals surface area (Å²) in [7, 11) is 2.02. The van der Waals surface area contributed by atoms with Gasteiger partial charge in [-0.1, -0.05) is 41.4 Å². The Hall–Kier alpha value is -0.960. The molecule has 0 radical (unpaired) electrons. The highest BCUT2D eigenvalue weighted by Gasteiger charge is 2.08. The van der Waals surface area contributed by atoms with Crippen LogP contribution in [0.5, 0.6) is 0 Å². The van der Waals surface area contributed by atoms with Crippen LogP contribution in [-0.4, -0.2) is 18.8 Å². The monoisotopic (exact) mass is 305 g/mol. The van der Waals surface area contributed by atoms with Gasteiger partial charge in [0.1, 0.15) is 0 Å². The Morgan fingerprint density at radius 3 is 2.55 bits per heavy atom. The van der Waals surface area contributed by atoms with Crippen molar-refractivity contribution >= 4 is 23.4 Å². The van der Waals surface area contributed by atoms with E-state index in [1.807, 2.05) is 37.0 Å². The molecule has 0 aromatic heterocycles. The average Bonchev–Trinajstić information content (AvgIpc) is 2.45. The summed E-state index contributed by atoms with van der Waals surface area (Å²) in [5.74, 6) is 1.05. The molecule has 0 amide bonds. The second kappa shape index (κ2) is 7.72. The molecule has 0 spiro atoms. The first kappa shape index (κ1) is 15.4. The van der Waals surface area contributed by atoms with Crippen LogP contribution in [0.4, 0.5) is 0 Å². The number of hydrogen-bond acceptors (Lipinski definition) is 2. The lowest BCUT2D eigenvalue weighted by molar-refractivity contribution is 0.617. The summed E-state index contributed by atoms with van der Waals surface area (Å²) < 4.78 is 0. The van der Waals surface area contributed by atoms with E-state index in [2.05, 4.69) is 42.6 Å². The molecule has 0 bridgehead atoms. The zero-order chi connectivity index (χ0) is 14.4. The lowest BCUT2D eigenvalue weighted by Gasteiger charge is -2.16. The molecule has 2 aromatic rings. The number of hydrogen-bond donors (Lipinski definition) is 1. The number of thioether (sulfide) groups is 1. The smallest absolute Gasteiger partial charge is 0.0408 e. The summed E-state index contributed by atoms with van der Waals surface area (Å²) in [6.07, 6.45) is 0.996. The number of benzene rings is 2. The van der Waals surface area contributed by atoms with Gasteiger partial charge in [-0.15, -0.1) is 11.8 Å². The van der Waals surface area contributed by atoms with Crippen molar-refractivity contribution in [1.29, 1.82) is 0 Å². The van der Waals surface area contributed by atoms with Crippen LogP contribution in [0.25, 0.3) is 0 Å². The van der Waals surface area contributed by atoms with Crippen LogP contribution in [0.1, 0.15) is 11.1 Å². The van der Waals surface area contributed by atoms with Gasteiger partial charge in [-0.3, -0.25) is 0 Å². The zero-order valence-electron chi connectivity index (χ0n) is 11.9. The molecule has 0 fully saturated rings. The molecule has 2 rings (SSSR count). The van der Waals surface area contributed by atoms with Gasteiger partial charge in [0.2, 0.25) is 0 Å². The molecular weight excluding hydrogens is 286 g/mol. The van der Waals surface area contributed by atoms with Gasteiger partial charge in [0, 0.05) is 21.7 Å². The number of halogens is 1. The molecule has 1 nitrogen and oxygen atoms in total. The Balaban J connectivity index is 1.90. The molecule has 0 aliphatic carbocycles. The topological polar surface area (TPSA) is 12.0 Å². The first-order valence-corrected chi connectivity index (χ1v) is 8.15. The minimum absolute atomic E-state index is 0.444. The van der Waals surface area contributed by atoms with E-state index in [-0.39, 0.29) is 0 Å². The van der Waals surface area contributed by atoms with Gasteiger partial charge < -0.3 is 5.32 Å². The van der Waals surface area contributed by atoms with Gasteiger partial charge in [0.05, 0.1) is 0 Å². The molecular formula is C17H20ClNS. The maximum atomic E-state index is 6.03. The van der Waals surface area contributed by atoms with Crippen LogP contribution in [0.2, 0.25) is 5.02 Å². The Bertz CT molecular complexity index is 539. The van der Waals surface area contributed by atoms with Gasteiger partial charge in [-0.25, -0.2) is 0 Å². The number of likely N-dealkylation sites (N-methyl/N-ethyl adjacent to an activating group) is 1. The maximum absolute atomic E-state index is 6.03. The molecule has 0 aliphatic rings. The third kappa shape index (κ3) is 4.86. The van der Waals surface area contributed by atoms with Crippen molar-refractivity contribution in [3.63, 3.8) is 0 Å². The van der Waals surface area contributed by atoms with Crippen LogP contribution in [-0.2, 0) is 6.42 Å². The van der Waals surface area contributed by atoms with Crippen LogP contribution < -0.4 is 5.32 Å². The average molecular weight is 306 g/mol. The first-order valence-electron chi connectivity index (χ1n) is 6.78. The third-order valence-corrected chi connectivity index (χ3v) is 4.66. The fourth-order valence-electron chi connectivity index (χ4n) is 2.02. The molecule has 0 aliphatic heterocycles. The van der Waals surface area contributed by atoms with E-state index in [4.69, 9.17) is 11.6 Å². The fraction of sp³-hybridized carbons (Fsp3) is 0.294. The summed E-state index contributed by atoms with van der Waals surface area (Å²) >= 11 is 7.92. The summed E-state index contributed by atoms with van der Waals surface area (Å²) in [6.45, 7) is 2.12. The SMILES string of the molecule is CNC(CSc1ccc(C)cc1)Cc1cccc(Cl)c1. The van der Waals surface area contributed by atoms with Crippen LogP contribution in [0, 0.1) is 6.92 Å². The quantitative estimate of drug-likeness (QED) is 0.785. The summed E-state index contributed by atoms with van der Waals surface area (Å²) in [5.41, 5.74) is 2.58. The van der Waals surface area contributed by atoms with Gasteiger partial charge >= 0.3 is 0 Å². The van der Waals surface area contributed by atoms with Gasteiger partial charge in [0.15, 0.2) is 0 Å². The second-order valence-electron chi connectivity index (χ2n) is 4.94. The van der Waals surface area contributed by atoms with Crippen LogP contribution >= 0.6 is 23.4 Å². The van der Waals surface area contributed by atoms with E-state index in [9.17, 15) is 0 Å². The summed E-state index contributed by atoms with van der Waals surface area (Å²) in [5, 5.41) is 4.20. The van der Waals surface area contributed by atoms with Crippen molar-refractivity contribution in [3.8, 4) is 0 Å². The molecule has 1 N–H and O–H groups in total. The van der Waals surface area contributed by atoms with Crippen molar-refractivity contribution in [1.82, 2.24) is 5.32 Å². The molecule has 1 unspecified atom stereocenters. The number of aryl methyl sites for hydroxylation is 1. The van der Waals surface area contributed by atoms with Gasteiger partial charge in [0.25, 0.3) is 0 Å². The standard InChI is InChI=1S/C17H20ClNS/c1-13-6-8-17(9-7-13)20-12-16(19-2)11-14-4-3-5-15(18)10-14/h3-10,16,19H,11-12H2,1-2H3. The van der Waals surface area contributed by atoms with Gasteiger partial charge in [-0.05, 0) is 50.2 Å². The lowest BCUT2D eigenvalue weighted by atomic mass is 10.1. The van der Waals surface area contributed by atoms with E-state index in [1.54, 1.807) is 0 Å². The molecule has 0 saturated heterocycles. The highest BCUT2D eigenvalue weighted by molar-refractivity contribution is 7.99. The molecule has 3 heteroatoms. The Morgan fingerprint density at radius 2 is 1.90 bits per heavy atom. The molecule has 0 heterocycles. The minimum Gasteiger partial charge on any atom is -0.316 e. The van der Waals surface area contributed by atoms with E-state index >= 15 is 0 Å². The van der Waals surface area contributed by atoms with Crippen molar-refractivity contribution in [2.24, 2.45) is 0 Å². The van der Waals surface area contributed by atoms with E-state index < -0.39 is 0 Å². The highest BCUT2D eigenvalue weighted by atomic mass is 35.5. The third-order valence-electron chi connectivity index (χ3n) is 3.25. The fourth-order valence-corrected chi connectivity index (χ4v) is 3.24. The molecule has 1 atom stereocenters. The Morgan fingerprint density at radius 1 is 1.15 bits per heavy atom. The first-order chi connectivity index (χ1) is 9.67. The van der Waals surface area contributed by atoms with E-state index in [0.717, 1.165) is 17.2 Å². The largest absolute Gasteiger partial charge is 0.316 e. The lowest BCUT2D eigenvalue weighted by Crippen LogP contribution is -2.30. The highest BCUT2D eigenvalue weighted by Crippen LogP contribution is 2.21. The van der Waals surface area contributed by atoms with Crippen molar-refractivity contribution in [2.75, 3.05) is 12.8 Å². The second-order valence-corrected chi connectivity index (χ2v) is 6.47. The number of rotatable bonds is 6. The molecule has 106 valence electrons. The number of nitrogens with one attached hydrogen (secondary N) is 1. The van der Waals surface area contributed by atoms with Crippen molar-refractivity contribution in [3.05, 3.63) is 64.7 Å². The predicted molar refractivity (Wildman–Crippen MR) is 89.9 cm³/mol. The normalized spacial score (nSPS) is 12.3. The maximum Gasteiger partial charge on any atom is 0.0408 e. The van der Waals surface area contributed by atoms with Gasteiger partial charge in [-0.2, -0.15) is 0 Å². The predicted octanol–water partition coefficient (Wildman–Crippen LogP) is 4.57. The summed E-state index contributed by atoms with van der Waals surface area (Å²) in [4.78, 5) is 1.32. The van der Waals surface area contributed by atoms with Crippen molar-refractivity contribution in [2.45, 2.75) is 24.3 Å². The van der Waals surface area contributed by atoms with E-state index in [1.165, 1.54) is 16.0 Å². The van der Waals surface area contributed by atoms with E-state index in [0.29, 0.717) is 6.04 Å².